The first-order valence-electron chi connectivity index (χ1n) is 3.71. The molecule has 70 valence electrons. The molecule has 5 heteroatoms. The molecule has 0 aliphatic rings. The second-order valence-corrected chi connectivity index (χ2v) is 4.21. The molecule has 3 nitrogen and oxygen atoms in total. The summed E-state index contributed by atoms with van der Waals surface area (Å²) in [6.45, 7) is 1.91. The molecule has 0 spiro atoms. The Bertz CT molecular complexity index is 392. The van der Waals surface area contributed by atoms with Crippen LogP contribution in [0.25, 0.3) is 0 Å². The third-order valence-electron chi connectivity index (χ3n) is 1.56. The van der Waals surface area contributed by atoms with E-state index in [1.165, 1.54) is 0 Å². The first kappa shape index (κ1) is 10.8. The maximum atomic E-state index is 8.54. The van der Waals surface area contributed by atoms with Crippen LogP contribution >= 0.6 is 23.5 Å². The van der Waals surface area contributed by atoms with Gasteiger partial charge < -0.3 is 5.73 Å². The average Bonchev–Trinajstić information content (AvgIpc) is 2.14. The molecule has 0 aromatic heterocycles. The second kappa shape index (κ2) is 4.80. The molecule has 0 saturated carbocycles. The van der Waals surface area contributed by atoms with Crippen LogP contribution in [0.5, 0.6) is 0 Å². The van der Waals surface area contributed by atoms with E-state index in [4.69, 9.17) is 16.3 Å². The Balaban J connectivity index is 3.20. The van der Waals surface area contributed by atoms with Gasteiger partial charge in [0.1, 0.15) is 10.8 Å². The van der Waals surface area contributed by atoms with Gasteiger partial charge in [-0.15, -0.1) is 0 Å². The fraction of sp³-hybridized carbons (Fsp3) is 0.111. The first-order chi connectivity index (χ1) is 6.69. The van der Waals surface area contributed by atoms with E-state index in [0.717, 1.165) is 29.1 Å². The highest BCUT2D eigenvalue weighted by Crippen LogP contribution is 2.34. The molecular formula is C9H7N3S2. The zero-order valence-corrected chi connectivity index (χ0v) is 9.08. The highest BCUT2D eigenvalue weighted by atomic mass is 32.2. The van der Waals surface area contributed by atoms with E-state index < -0.39 is 0 Å². The molecule has 0 atom stereocenters. The fourth-order valence-electron chi connectivity index (χ4n) is 0.999. The van der Waals surface area contributed by atoms with E-state index in [-0.39, 0.29) is 0 Å². The average molecular weight is 221 g/mol. The molecule has 0 aliphatic heterocycles. The maximum absolute atomic E-state index is 8.54. The largest absolute Gasteiger partial charge is 0.397 e. The summed E-state index contributed by atoms with van der Waals surface area (Å²) in [5.74, 6) is 0. The van der Waals surface area contributed by atoms with Crippen molar-refractivity contribution in [2.24, 2.45) is 0 Å². The zero-order chi connectivity index (χ0) is 10.6. The monoisotopic (exact) mass is 221 g/mol. The maximum Gasteiger partial charge on any atom is 0.138 e. The molecule has 1 aromatic carbocycles. The topological polar surface area (TPSA) is 73.6 Å². The minimum absolute atomic E-state index is 0.508. The minimum Gasteiger partial charge on any atom is -0.397 e. The molecule has 0 fully saturated rings. The van der Waals surface area contributed by atoms with Crippen molar-refractivity contribution in [3.05, 3.63) is 17.7 Å². The summed E-state index contributed by atoms with van der Waals surface area (Å²) < 4.78 is 0. The molecule has 0 unspecified atom stereocenters. The molecule has 1 rings (SSSR count). The molecule has 0 heterocycles. The summed E-state index contributed by atoms with van der Waals surface area (Å²) in [7, 11) is 0. The molecule has 2 N–H and O–H groups in total. The number of nitrogen functional groups attached to an aromatic ring is 1. The van der Waals surface area contributed by atoms with Gasteiger partial charge in [-0.3, -0.25) is 0 Å². The van der Waals surface area contributed by atoms with Crippen molar-refractivity contribution in [1.82, 2.24) is 0 Å². The Morgan fingerprint density at radius 2 is 1.57 bits per heavy atom. The van der Waals surface area contributed by atoms with Crippen molar-refractivity contribution in [2.45, 2.75) is 16.7 Å². The number of nitrogens with two attached hydrogens (primary N) is 1. The Morgan fingerprint density at radius 3 is 1.93 bits per heavy atom. The fourth-order valence-corrected chi connectivity index (χ4v) is 2.19. The van der Waals surface area contributed by atoms with E-state index in [1.54, 1.807) is 0 Å². The standard InChI is InChI=1S/C9H7N3S2/c1-6-2-7(13-4-10)9(12)8(3-6)14-5-11/h2-3H,12H2,1H3. The van der Waals surface area contributed by atoms with E-state index in [9.17, 15) is 0 Å². The van der Waals surface area contributed by atoms with E-state index in [2.05, 4.69) is 0 Å². The van der Waals surface area contributed by atoms with Crippen molar-refractivity contribution < 1.29 is 0 Å². The van der Waals surface area contributed by atoms with Crippen molar-refractivity contribution in [3.63, 3.8) is 0 Å². The van der Waals surface area contributed by atoms with Crippen molar-refractivity contribution >= 4 is 29.2 Å². The number of thioether (sulfide) groups is 2. The van der Waals surface area contributed by atoms with Gasteiger partial charge in [0.2, 0.25) is 0 Å². The normalized spacial score (nSPS) is 9.07. The van der Waals surface area contributed by atoms with Crippen LogP contribution in [0.15, 0.2) is 21.9 Å². The third kappa shape index (κ3) is 2.35. The van der Waals surface area contributed by atoms with Crippen molar-refractivity contribution in [2.75, 3.05) is 5.73 Å². The van der Waals surface area contributed by atoms with Gasteiger partial charge in [0.05, 0.1) is 5.69 Å². The van der Waals surface area contributed by atoms with Gasteiger partial charge in [0, 0.05) is 9.79 Å². The molecule has 14 heavy (non-hydrogen) atoms. The van der Waals surface area contributed by atoms with Gasteiger partial charge in [-0.05, 0) is 48.1 Å². The number of rotatable bonds is 2. The summed E-state index contributed by atoms with van der Waals surface area (Å²) in [5, 5.41) is 21.0. The number of hydrogen-bond acceptors (Lipinski definition) is 5. The predicted molar refractivity (Wildman–Crippen MR) is 58.5 cm³/mol. The third-order valence-corrected chi connectivity index (χ3v) is 2.86. The lowest BCUT2D eigenvalue weighted by Crippen LogP contribution is -1.92. The zero-order valence-electron chi connectivity index (χ0n) is 7.44. The first-order valence-corrected chi connectivity index (χ1v) is 5.34. The minimum atomic E-state index is 0.508. The van der Waals surface area contributed by atoms with Crippen LogP contribution in [0.1, 0.15) is 5.56 Å². The van der Waals surface area contributed by atoms with E-state index in [0.29, 0.717) is 15.5 Å². The molecule has 0 radical (unpaired) electrons. The number of nitrogens with zero attached hydrogens (tertiary/aromatic N) is 2. The highest BCUT2D eigenvalue weighted by molar-refractivity contribution is 8.04. The number of aryl methyl sites for hydroxylation is 1. The van der Waals surface area contributed by atoms with Crippen LogP contribution in [0.2, 0.25) is 0 Å². The molecule has 0 bridgehead atoms. The van der Waals surface area contributed by atoms with Gasteiger partial charge >= 0.3 is 0 Å². The number of hydrogen-bond donors (Lipinski definition) is 1. The van der Waals surface area contributed by atoms with Crippen LogP contribution in [0.3, 0.4) is 0 Å². The Hall–Kier alpha value is -1.30. The summed E-state index contributed by atoms with van der Waals surface area (Å²) >= 11 is 2.03. The SMILES string of the molecule is Cc1cc(SC#N)c(N)c(SC#N)c1. The Kier molecular flexibility index (Phi) is 3.70. The summed E-state index contributed by atoms with van der Waals surface area (Å²) in [4.78, 5) is 1.43. The lowest BCUT2D eigenvalue weighted by atomic mass is 10.2. The van der Waals surface area contributed by atoms with Gasteiger partial charge in [-0.2, -0.15) is 10.5 Å². The van der Waals surface area contributed by atoms with E-state index >= 15 is 0 Å². The molecular weight excluding hydrogens is 214 g/mol. The Labute approximate surface area is 90.9 Å². The van der Waals surface area contributed by atoms with Crippen LogP contribution in [0, 0.1) is 28.3 Å². The molecule has 0 amide bonds. The van der Waals surface area contributed by atoms with Crippen LogP contribution in [0.4, 0.5) is 5.69 Å². The summed E-state index contributed by atoms with van der Waals surface area (Å²) in [6.07, 6.45) is 0. The van der Waals surface area contributed by atoms with Crippen LogP contribution < -0.4 is 5.73 Å². The van der Waals surface area contributed by atoms with Crippen molar-refractivity contribution in [3.8, 4) is 10.8 Å². The quantitative estimate of drug-likeness (QED) is 0.472. The van der Waals surface area contributed by atoms with Gasteiger partial charge in [0.25, 0.3) is 0 Å². The van der Waals surface area contributed by atoms with Gasteiger partial charge in [-0.25, -0.2) is 0 Å². The molecule has 0 saturated heterocycles. The van der Waals surface area contributed by atoms with Gasteiger partial charge in [0.15, 0.2) is 0 Å². The lowest BCUT2D eigenvalue weighted by molar-refractivity contribution is 1.28. The molecule has 1 aromatic rings. The second-order valence-electron chi connectivity index (χ2n) is 2.56. The molecule has 0 aliphatic carbocycles. The van der Waals surface area contributed by atoms with Crippen molar-refractivity contribution in [1.29, 1.82) is 10.5 Å². The van der Waals surface area contributed by atoms with E-state index in [1.807, 2.05) is 29.9 Å². The number of benzene rings is 1. The highest BCUT2D eigenvalue weighted by Gasteiger charge is 2.07. The lowest BCUT2D eigenvalue weighted by Gasteiger charge is -2.06. The number of thiocyanates is 2. The predicted octanol–water partition coefficient (Wildman–Crippen LogP) is 2.72. The summed E-state index contributed by atoms with van der Waals surface area (Å²) in [5.41, 5.74) is 7.28. The smallest absolute Gasteiger partial charge is 0.138 e. The van der Waals surface area contributed by atoms with Crippen LogP contribution in [-0.2, 0) is 0 Å². The Morgan fingerprint density at radius 1 is 1.14 bits per heavy atom. The van der Waals surface area contributed by atoms with Crippen LogP contribution in [-0.4, -0.2) is 0 Å². The summed E-state index contributed by atoms with van der Waals surface area (Å²) in [6, 6.07) is 3.68. The number of nitriles is 2. The number of anilines is 1. The van der Waals surface area contributed by atoms with Gasteiger partial charge in [-0.1, -0.05) is 0 Å².